The summed E-state index contributed by atoms with van der Waals surface area (Å²) in [4.78, 5) is 4.44. The second-order valence-corrected chi connectivity index (χ2v) is 5.90. The van der Waals surface area contributed by atoms with Gasteiger partial charge in [0, 0.05) is 36.3 Å². The zero-order valence-electron chi connectivity index (χ0n) is 12.6. The van der Waals surface area contributed by atoms with Gasteiger partial charge in [-0.25, -0.2) is 0 Å². The molecule has 118 valence electrons. The molecule has 1 fully saturated rings. The van der Waals surface area contributed by atoms with Gasteiger partial charge in [-0.15, -0.1) is 0 Å². The SMILES string of the molecule is Clc1ccc(CNCCOC[C@H]2CCCO2)c2ncccc12. The fraction of sp³-hybridized carbons (Fsp3) is 0.471. The third-order valence-corrected chi connectivity index (χ3v) is 4.20. The van der Waals surface area contributed by atoms with E-state index < -0.39 is 0 Å². The number of halogens is 1. The van der Waals surface area contributed by atoms with E-state index in [1.54, 1.807) is 6.20 Å². The van der Waals surface area contributed by atoms with E-state index in [0.717, 1.165) is 54.0 Å². The second-order valence-electron chi connectivity index (χ2n) is 5.49. The molecule has 5 heteroatoms. The molecule has 1 aliphatic heterocycles. The lowest BCUT2D eigenvalue weighted by molar-refractivity contribution is 0.0183. The van der Waals surface area contributed by atoms with Crippen molar-refractivity contribution in [3.8, 4) is 0 Å². The summed E-state index contributed by atoms with van der Waals surface area (Å²) in [6, 6.07) is 7.86. The van der Waals surface area contributed by atoms with Crippen LogP contribution < -0.4 is 5.32 Å². The van der Waals surface area contributed by atoms with Crippen molar-refractivity contribution in [3.63, 3.8) is 0 Å². The van der Waals surface area contributed by atoms with Crippen LogP contribution in [0, 0.1) is 0 Å². The summed E-state index contributed by atoms with van der Waals surface area (Å²) in [6.45, 7) is 3.84. The Morgan fingerprint density at radius 1 is 1.36 bits per heavy atom. The predicted octanol–water partition coefficient (Wildman–Crippen LogP) is 3.17. The number of benzene rings is 1. The van der Waals surface area contributed by atoms with E-state index in [1.807, 2.05) is 24.3 Å². The number of ether oxygens (including phenoxy) is 2. The number of nitrogens with zero attached hydrogens (tertiary/aromatic N) is 1. The van der Waals surface area contributed by atoms with Gasteiger partial charge in [0.05, 0.1) is 24.8 Å². The van der Waals surface area contributed by atoms with E-state index in [0.29, 0.717) is 19.3 Å². The summed E-state index contributed by atoms with van der Waals surface area (Å²) in [7, 11) is 0. The Balaban J connectivity index is 1.44. The zero-order valence-corrected chi connectivity index (χ0v) is 13.3. The number of hydrogen-bond donors (Lipinski definition) is 1. The number of hydrogen-bond acceptors (Lipinski definition) is 4. The Hall–Kier alpha value is -1.20. The summed E-state index contributed by atoms with van der Waals surface area (Å²) in [5.41, 5.74) is 2.11. The fourth-order valence-corrected chi connectivity index (χ4v) is 2.91. The van der Waals surface area contributed by atoms with Crippen molar-refractivity contribution in [2.75, 3.05) is 26.4 Å². The molecule has 1 N–H and O–H groups in total. The zero-order chi connectivity index (χ0) is 15.2. The normalized spacial score (nSPS) is 18.1. The van der Waals surface area contributed by atoms with E-state index in [1.165, 1.54) is 0 Å². The summed E-state index contributed by atoms with van der Waals surface area (Å²) >= 11 is 6.20. The van der Waals surface area contributed by atoms with Crippen molar-refractivity contribution in [3.05, 3.63) is 41.0 Å². The Labute approximate surface area is 135 Å². The lowest BCUT2D eigenvalue weighted by Crippen LogP contribution is -2.22. The van der Waals surface area contributed by atoms with Crippen molar-refractivity contribution in [2.24, 2.45) is 0 Å². The number of nitrogens with one attached hydrogen (secondary N) is 1. The molecule has 0 unspecified atom stereocenters. The Morgan fingerprint density at radius 3 is 3.18 bits per heavy atom. The summed E-state index contributed by atoms with van der Waals surface area (Å²) in [5.74, 6) is 0. The predicted molar refractivity (Wildman–Crippen MR) is 88.3 cm³/mol. The van der Waals surface area contributed by atoms with Gasteiger partial charge in [0.25, 0.3) is 0 Å². The Bertz CT molecular complexity index is 615. The van der Waals surface area contributed by atoms with Crippen LogP contribution in [0.2, 0.25) is 5.02 Å². The molecule has 22 heavy (non-hydrogen) atoms. The fourth-order valence-electron chi connectivity index (χ4n) is 2.70. The monoisotopic (exact) mass is 320 g/mol. The van der Waals surface area contributed by atoms with Crippen LogP contribution in [-0.4, -0.2) is 37.5 Å². The molecule has 1 saturated heterocycles. The molecule has 1 atom stereocenters. The van der Waals surface area contributed by atoms with Crippen LogP contribution in [-0.2, 0) is 16.0 Å². The molecule has 2 aromatic rings. The van der Waals surface area contributed by atoms with Crippen molar-refractivity contribution in [1.82, 2.24) is 10.3 Å². The highest BCUT2D eigenvalue weighted by Crippen LogP contribution is 2.24. The molecule has 0 aliphatic carbocycles. The average Bonchev–Trinajstić information content (AvgIpc) is 3.06. The molecule has 2 heterocycles. The van der Waals surface area contributed by atoms with E-state index in [-0.39, 0.29) is 0 Å². The van der Waals surface area contributed by atoms with Gasteiger partial charge in [0.15, 0.2) is 0 Å². The first kappa shape index (κ1) is 15.7. The van der Waals surface area contributed by atoms with Gasteiger partial charge in [-0.2, -0.15) is 0 Å². The van der Waals surface area contributed by atoms with Gasteiger partial charge >= 0.3 is 0 Å². The molecule has 3 rings (SSSR count). The molecule has 1 aromatic carbocycles. The minimum absolute atomic E-state index is 0.296. The van der Waals surface area contributed by atoms with Gasteiger partial charge in [-0.1, -0.05) is 17.7 Å². The third-order valence-electron chi connectivity index (χ3n) is 3.87. The minimum Gasteiger partial charge on any atom is -0.377 e. The quantitative estimate of drug-likeness (QED) is 0.796. The first-order valence-electron chi connectivity index (χ1n) is 7.77. The maximum absolute atomic E-state index is 6.20. The van der Waals surface area contributed by atoms with Crippen LogP contribution in [0.5, 0.6) is 0 Å². The molecule has 0 saturated carbocycles. The van der Waals surface area contributed by atoms with Gasteiger partial charge < -0.3 is 14.8 Å². The highest BCUT2D eigenvalue weighted by molar-refractivity contribution is 6.35. The van der Waals surface area contributed by atoms with Crippen molar-refractivity contribution < 1.29 is 9.47 Å². The van der Waals surface area contributed by atoms with E-state index in [9.17, 15) is 0 Å². The topological polar surface area (TPSA) is 43.4 Å². The van der Waals surface area contributed by atoms with Gasteiger partial charge in [0.1, 0.15) is 0 Å². The number of rotatable bonds is 7. The summed E-state index contributed by atoms with van der Waals surface area (Å²) < 4.78 is 11.2. The largest absolute Gasteiger partial charge is 0.377 e. The lowest BCUT2D eigenvalue weighted by atomic mass is 10.1. The van der Waals surface area contributed by atoms with E-state index >= 15 is 0 Å². The van der Waals surface area contributed by atoms with Crippen LogP contribution in [0.3, 0.4) is 0 Å². The van der Waals surface area contributed by atoms with Gasteiger partial charge in [0.2, 0.25) is 0 Å². The van der Waals surface area contributed by atoms with Crippen LogP contribution in [0.25, 0.3) is 10.9 Å². The average molecular weight is 321 g/mol. The number of fused-ring (bicyclic) bond motifs is 1. The highest BCUT2D eigenvalue weighted by atomic mass is 35.5. The highest BCUT2D eigenvalue weighted by Gasteiger charge is 2.14. The standard InChI is InChI=1S/C17H21ClN2O2/c18-16-6-5-13(17-15(16)4-1-7-20-17)11-19-8-10-21-12-14-3-2-9-22-14/h1,4-7,14,19H,2-3,8-12H2/t14-/m1/s1. The van der Waals surface area contributed by atoms with Crippen LogP contribution in [0.4, 0.5) is 0 Å². The lowest BCUT2D eigenvalue weighted by Gasteiger charge is -2.11. The van der Waals surface area contributed by atoms with Crippen molar-refractivity contribution >= 4 is 22.5 Å². The molecular weight excluding hydrogens is 300 g/mol. The third kappa shape index (κ3) is 3.96. The van der Waals surface area contributed by atoms with Crippen LogP contribution in [0.15, 0.2) is 30.5 Å². The first-order valence-corrected chi connectivity index (χ1v) is 8.14. The van der Waals surface area contributed by atoms with Gasteiger partial charge in [-0.3, -0.25) is 4.98 Å². The summed E-state index contributed by atoms with van der Waals surface area (Å²) in [6.07, 6.45) is 4.37. The first-order chi connectivity index (χ1) is 10.8. The molecule has 1 aromatic heterocycles. The molecule has 0 amide bonds. The molecule has 4 nitrogen and oxygen atoms in total. The molecular formula is C17H21ClN2O2. The maximum atomic E-state index is 6.20. The molecule has 0 spiro atoms. The van der Waals surface area contributed by atoms with Crippen LogP contribution in [0.1, 0.15) is 18.4 Å². The summed E-state index contributed by atoms with van der Waals surface area (Å²) in [5, 5.41) is 5.13. The molecule has 1 aliphatic rings. The Morgan fingerprint density at radius 2 is 2.32 bits per heavy atom. The minimum atomic E-state index is 0.296. The van der Waals surface area contributed by atoms with Crippen molar-refractivity contribution in [2.45, 2.75) is 25.5 Å². The van der Waals surface area contributed by atoms with E-state index in [4.69, 9.17) is 21.1 Å². The second kappa shape index (κ2) is 7.88. The molecule has 0 bridgehead atoms. The maximum Gasteiger partial charge on any atom is 0.0809 e. The van der Waals surface area contributed by atoms with Gasteiger partial charge in [-0.05, 0) is 36.6 Å². The molecule has 0 radical (unpaired) electrons. The number of pyridine rings is 1. The Kier molecular flexibility index (Phi) is 5.62. The van der Waals surface area contributed by atoms with E-state index in [2.05, 4.69) is 10.3 Å². The van der Waals surface area contributed by atoms with Crippen LogP contribution >= 0.6 is 11.6 Å². The van der Waals surface area contributed by atoms with Crippen molar-refractivity contribution in [1.29, 1.82) is 0 Å². The number of aromatic nitrogens is 1. The smallest absolute Gasteiger partial charge is 0.0809 e.